The Morgan fingerprint density at radius 2 is 1.59 bits per heavy atom. The number of aliphatic carboxylic acids is 1. The second-order valence-corrected chi connectivity index (χ2v) is 10.3. The summed E-state index contributed by atoms with van der Waals surface area (Å²) in [6.45, 7) is 6.60. The molecule has 0 bridgehead atoms. The lowest BCUT2D eigenvalue weighted by atomic mass is 9.85. The van der Waals surface area contributed by atoms with Crippen LogP contribution in [0.2, 0.25) is 0 Å². The van der Waals surface area contributed by atoms with Gasteiger partial charge in [0.2, 0.25) is 0 Å². The van der Waals surface area contributed by atoms with Crippen LogP contribution >= 0.6 is 0 Å². The monoisotopic (exact) mass is 451 g/mol. The molecular weight excluding hydrogens is 422 g/mol. The van der Waals surface area contributed by atoms with E-state index in [2.05, 4.69) is 57.2 Å². The highest BCUT2D eigenvalue weighted by Gasteiger charge is 2.31. The molecule has 0 saturated heterocycles. The van der Waals surface area contributed by atoms with Gasteiger partial charge in [-0.1, -0.05) is 69.3 Å². The van der Waals surface area contributed by atoms with Crippen molar-refractivity contribution in [2.45, 2.75) is 45.4 Å². The third-order valence-electron chi connectivity index (χ3n) is 7.02. The Labute approximate surface area is 199 Å². The number of fused-ring (bicyclic) bond motifs is 3. The molecule has 0 amide bonds. The third kappa shape index (κ3) is 3.83. The van der Waals surface area contributed by atoms with Crippen LogP contribution in [0, 0.1) is 5.92 Å². The highest BCUT2D eigenvalue weighted by Crippen LogP contribution is 2.37. The minimum absolute atomic E-state index is 0.0668. The van der Waals surface area contributed by atoms with Gasteiger partial charge in [0.25, 0.3) is 5.91 Å². The molecule has 1 aliphatic carbocycles. The highest BCUT2D eigenvalue weighted by atomic mass is 16.4. The largest absolute Gasteiger partial charge is 0.481 e. The number of nitrogens with zero attached hydrogens (tertiary/aromatic N) is 1. The molecule has 1 aliphatic rings. The van der Waals surface area contributed by atoms with Gasteiger partial charge in [0.15, 0.2) is 0 Å². The molecule has 34 heavy (non-hydrogen) atoms. The second-order valence-electron chi connectivity index (χ2n) is 10.3. The van der Waals surface area contributed by atoms with E-state index in [9.17, 15) is 14.7 Å². The average molecular weight is 452 g/mol. The Balaban J connectivity index is 1.66. The summed E-state index contributed by atoms with van der Waals surface area (Å²) in [5.41, 5.74) is 6.95. The van der Waals surface area contributed by atoms with E-state index in [0.717, 1.165) is 33.3 Å². The van der Waals surface area contributed by atoms with Gasteiger partial charge in [0.05, 0.1) is 11.4 Å². The lowest BCUT2D eigenvalue weighted by molar-refractivity contribution is -0.142. The average Bonchev–Trinajstić information content (AvgIpc) is 3.16. The number of hydrogen-bond donors (Lipinski definition) is 1. The molecule has 0 aliphatic heterocycles. The molecule has 172 valence electrons. The smallest absolute Gasteiger partial charge is 0.306 e. The fourth-order valence-corrected chi connectivity index (χ4v) is 5.05. The summed E-state index contributed by atoms with van der Waals surface area (Å²) in [7, 11) is 0. The van der Waals surface area contributed by atoms with Crippen molar-refractivity contribution < 1.29 is 14.7 Å². The molecule has 1 unspecified atom stereocenters. The lowest BCUT2D eigenvalue weighted by Crippen LogP contribution is -2.24. The van der Waals surface area contributed by atoms with Gasteiger partial charge in [0, 0.05) is 16.6 Å². The SMILES string of the molecule is CC(C)(C)c1ccc(-c2ccc3c(c2)c2c(n3C(=O)c3ccccc3)CCC(C(=O)O)C2)cc1. The fraction of sp³-hybridized carbons (Fsp3) is 0.267. The third-order valence-corrected chi connectivity index (χ3v) is 7.02. The Hall–Kier alpha value is -3.66. The van der Waals surface area contributed by atoms with E-state index in [1.54, 1.807) is 0 Å². The first kappa shape index (κ1) is 22.1. The van der Waals surface area contributed by atoms with Crippen LogP contribution in [0.15, 0.2) is 72.8 Å². The van der Waals surface area contributed by atoms with Gasteiger partial charge in [-0.05, 0) is 71.2 Å². The van der Waals surface area contributed by atoms with E-state index in [-0.39, 0.29) is 11.3 Å². The van der Waals surface area contributed by atoms with Gasteiger partial charge in [0.1, 0.15) is 0 Å². The molecule has 1 atom stereocenters. The van der Waals surface area contributed by atoms with Crippen LogP contribution in [0.1, 0.15) is 54.4 Å². The molecule has 4 aromatic rings. The van der Waals surface area contributed by atoms with Crippen LogP contribution in [0.25, 0.3) is 22.0 Å². The molecule has 0 spiro atoms. The fourth-order valence-electron chi connectivity index (χ4n) is 5.05. The summed E-state index contributed by atoms with van der Waals surface area (Å²) in [5, 5.41) is 10.7. The maximum Gasteiger partial charge on any atom is 0.306 e. The van der Waals surface area contributed by atoms with Gasteiger partial charge >= 0.3 is 5.97 Å². The van der Waals surface area contributed by atoms with Gasteiger partial charge in [-0.15, -0.1) is 0 Å². The van der Waals surface area contributed by atoms with E-state index in [1.807, 2.05) is 41.0 Å². The van der Waals surface area contributed by atoms with Crippen molar-refractivity contribution in [3.63, 3.8) is 0 Å². The zero-order chi connectivity index (χ0) is 24.0. The van der Waals surface area contributed by atoms with E-state index in [4.69, 9.17) is 0 Å². The number of carboxylic acids is 1. The van der Waals surface area contributed by atoms with Crippen molar-refractivity contribution in [3.05, 3.63) is 95.2 Å². The first-order valence-corrected chi connectivity index (χ1v) is 11.8. The second kappa shape index (κ2) is 8.28. The lowest BCUT2D eigenvalue weighted by Gasteiger charge is -2.20. The first-order chi connectivity index (χ1) is 16.2. The van der Waals surface area contributed by atoms with Crippen LogP contribution in [-0.2, 0) is 23.1 Å². The minimum atomic E-state index is -0.769. The van der Waals surface area contributed by atoms with Crippen molar-refractivity contribution >= 4 is 22.8 Å². The summed E-state index contributed by atoms with van der Waals surface area (Å²) in [4.78, 5) is 25.3. The molecule has 1 heterocycles. The normalized spacial score (nSPS) is 15.8. The standard InChI is InChI=1S/C30H29NO3/c1-30(2,3)23-13-9-19(10-14-23)21-11-15-26-24(17-21)25-18-22(29(33)34)12-16-27(25)31(26)28(32)20-7-5-4-6-8-20/h4-11,13-15,17,22H,12,16,18H2,1-3H3,(H,33,34). The molecular formula is C30H29NO3. The van der Waals surface area contributed by atoms with Crippen molar-refractivity contribution in [1.82, 2.24) is 4.57 Å². The van der Waals surface area contributed by atoms with Gasteiger partial charge in [-0.2, -0.15) is 0 Å². The molecule has 0 radical (unpaired) electrons. The maximum atomic E-state index is 13.5. The van der Waals surface area contributed by atoms with Gasteiger partial charge in [-0.25, -0.2) is 0 Å². The quantitative estimate of drug-likeness (QED) is 0.388. The van der Waals surface area contributed by atoms with Crippen molar-refractivity contribution in [2.24, 2.45) is 5.92 Å². The molecule has 4 nitrogen and oxygen atoms in total. The number of rotatable bonds is 3. The summed E-state index contributed by atoms with van der Waals surface area (Å²) >= 11 is 0. The zero-order valence-electron chi connectivity index (χ0n) is 19.8. The number of hydrogen-bond acceptors (Lipinski definition) is 2. The van der Waals surface area contributed by atoms with E-state index in [1.165, 1.54) is 5.56 Å². The first-order valence-electron chi connectivity index (χ1n) is 11.8. The summed E-state index contributed by atoms with van der Waals surface area (Å²) in [6, 6.07) is 24.1. The number of carboxylic acid groups (broad SMARTS) is 1. The predicted octanol–water partition coefficient (Wildman–Crippen LogP) is 6.48. The van der Waals surface area contributed by atoms with Crippen LogP contribution in [0.4, 0.5) is 0 Å². The van der Waals surface area contributed by atoms with E-state index >= 15 is 0 Å². The number of carbonyl (C=O) groups excluding carboxylic acids is 1. The minimum Gasteiger partial charge on any atom is -0.481 e. The summed E-state index contributed by atoms with van der Waals surface area (Å²) in [6.07, 6.45) is 1.57. The Morgan fingerprint density at radius 3 is 2.24 bits per heavy atom. The Kier molecular flexibility index (Phi) is 5.40. The number of aromatic nitrogens is 1. The summed E-state index contributed by atoms with van der Waals surface area (Å²) < 4.78 is 1.81. The molecule has 1 N–H and O–H groups in total. The van der Waals surface area contributed by atoms with Crippen molar-refractivity contribution in [1.29, 1.82) is 0 Å². The van der Waals surface area contributed by atoms with Gasteiger partial charge < -0.3 is 5.11 Å². The molecule has 0 fully saturated rings. The topological polar surface area (TPSA) is 59.3 Å². The Morgan fingerprint density at radius 1 is 0.912 bits per heavy atom. The van der Waals surface area contributed by atoms with Crippen molar-refractivity contribution in [2.75, 3.05) is 0 Å². The predicted molar refractivity (Wildman–Crippen MR) is 135 cm³/mol. The molecule has 3 aromatic carbocycles. The molecule has 5 rings (SSSR count). The Bertz CT molecular complexity index is 1390. The molecule has 4 heteroatoms. The summed E-state index contributed by atoms with van der Waals surface area (Å²) in [5.74, 6) is -1.26. The van der Waals surface area contributed by atoms with Gasteiger partial charge in [-0.3, -0.25) is 14.2 Å². The highest BCUT2D eigenvalue weighted by molar-refractivity contribution is 6.05. The van der Waals surface area contributed by atoms with Crippen LogP contribution in [0.3, 0.4) is 0 Å². The zero-order valence-corrected chi connectivity index (χ0v) is 19.8. The number of carbonyl (C=O) groups is 2. The van der Waals surface area contributed by atoms with Crippen molar-refractivity contribution in [3.8, 4) is 11.1 Å². The van der Waals surface area contributed by atoms with Crippen LogP contribution in [0.5, 0.6) is 0 Å². The van der Waals surface area contributed by atoms with Crippen LogP contribution in [-0.4, -0.2) is 21.6 Å². The van der Waals surface area contributed by atoms with E-state index in [0.29, 0.717) is 24.8 Å². The molecule has 1 aromatic heterocycles. The van der Waals surface area contributed by atoms with Crippen LogP contribution < -0.4 is 0 Å². The molecule has 0 saturated carbocycles. The number of benzene rings is 3. The van der Waals surface area contributed by atoms with E-state index < -0.39 is 11.9 Å². The maximum absolute atomic E-state index is 13.5.